The first kappa shape index (κ1) is 15.3. The molecular formula is C14H22N2O3. The van der Waals surface area contributed by atoms with Crippen molar-refractivity contribution >= 4 is 11.6 Å². The topological polar surface area (TPSA) is 59.6 Å². The molecule has 5 nitrogen and oxygen atoms in total. The van der Waals surface area contributed by atoms with Gasteiger partial charge in [0.25, 0.3) is 0 Å². The van der Waals surface area contributed by atoms with Crippen LogP contribution in [0.1, 0.15) is 13.8 Å². The molecule has 5 heteroatoms. The average molecular weight is 266 g/mol. The number of rotatable bonds is 8. The lowest BCUT2D eigenvalue weighted by atomic mass is 10.3. The van der Waals surface area contributed by atoms with Crippen LogP contribution in [0.3, 0.4) is 0 Å². The summed E-state index contributed by atoms with van der Waals surface area (Å²) in [7, 11) is 1.61. The van der Waals surface area contributed by atoms with Crippen molar-refractivity contribution in [2.45, 2.75) is 19.9 Å². The molecule has 0 saturated carbocycles. The van der Waals surface area contributed by atoms with E-state index < -0.39 is 0 Å². The van der Waals surface area contributed by atoms with Crippen LogP contribution >= 0.6 is 0 Å². The van der Waals surface area contributed by atoms with Gasteiger partial charge in [-0.1, -0.05) is 12.1 Å². The van der Waals surface area contributed by atoms with Gasteiger partial charge in [-0.25, -0.2) is 0 Å². The van der Waals surface area contributed by atoms with E-state index in [9.17, 15) is 4.79 Å². The first-order chi connectivity index (χ1) is 9.17. The van der Waals surface area contributed by atoms with Crippen molar-refractivity contribution in [3.63, 3.8) is 0 Å². The fraction of sp³-hybridized carbons (Fsp3) is 0.500. The third kappa shape index (κ3) is 5.61. The normalized spacial score (nSPS) is 11.7. The molecule has 19 heavy (non-hydrogen) atoms. The molecule has 2 N–H and O–H groups in total. The first-order valence-corrected chi connectivity index (χ1v) is 6.41. The Hall–Kier alpha value is -1.75. The van der Waals surface area contributed by atoms with Crippen LogP contribution in [0.15, 0.2) is 24.3 Å². The third-order valence-electron chi connectivity index (χ3n) is 2.45. The highest BCUT2D eigenvalue weighted by molar-refractivity contribution is 5.81. The third-order valence-corrected chi connectivity index (χ3v) is 2.45. The molecule has 0 heterocycles. The molecule has 1 aromatic carbocycles. The van der Waals surface area contributed by atoms with Gasteiger partial charge in [-0.3, -0.25) is 4.79 Å². The van der Waals surface area contributed by atoms with Crippen LogP contribution in [0.4, 0.5) is 5.69 Å². The minimum absolute atomic E-state index is 0.00133. The summed E-state index contributed by atoms with van der Waals surface area (Å²) in [5.41, 5.74) is 0.818. The predicted molar refractivity (Wildman–Crippen MR) is 75.6 cm³/mol. The molecule has 0 aliphatic carbocycles. The minimum Gasteiger partial charge on any atom is -0.492 e. The Balaban J connectivity index is 2.45. The Morgan fingerprint density at radius 2 is 2.11 bits per heavy atom. The number of benzene rings is 1. The van der Waals surface area contributed by atoms with Crippen LogP contribution in [0.5, 0.6) is 5.75 Å². The Morgan fingerprint density at radius 1 is 1.37 bits per heavy atom. The van der Waals surface area contributed by atoms with Crippen LogP contribution in [0.25, 0.3) is 0 Å². The maximum absolute atomic E-state index is 11.7. The Labute approximate surface area is 114 Å². The van der Waals surface area contributed by atoms with Crippen molar-refractivity contribution in [3.8, 4) is 5.75 Å². The molecule has 0 unspecified atom stereocenters. The largest absolute Gasteiger partial charge is 0.492 e. The standard InChI is InChI=1S/C14H22N2O3/c1-4-19-13-8-6-5-7-12(13)15-9-14(17)16-11(2)10-18-3/h5-8,11,15H,4,9-10H2,1-3H3,(H,16,17)/t11-/m0/s1. The lowest BCUT2D eigenvalue weighted by Gasteiger charge is -2.15. The van der Waals surface area contributed by atoms with E-state index >= 15 is 0 Å². The van der Waals surface area contributed by atoms with Crippen LogP contribution in [-0.4, -0.2) is 38.8 Å². The van der Waals surface area contributed by atoms with Gasteiger partial charge >= 0.3 is 0 Å². The maximum atomic E-state index is 11.7. The van der Waals surface area contributed by atoms with E-state index in [0.29, 0.717) is 13.2 Å². The summed E-state index contributed by atoms with van der Waals surface area (Å²) in [6.07, 6.45) is 0. The van der Waals surface area contributed by atoms with Gasteiger partial charge < -0.3 is 20.1 Å². The van der Waals surface area contributed by atoms with Crippen LogP contribution in [-0.2, 0) is 9.53 Å². The second kappa shape index (κ2) is 8.37. The van der Waals surface area contributed by atoms with Gasteiger partial charge in [-0.15, -0.1) is 0 Å². The number of hydrogen-bond donors (Lipinski definition) is 2. The smallest absolute Gasteiger partial charge is 0.239 e. The molecule has 0 aliphatic rings. The van der Waals surface area contributed by atoms with E-state index in [-0.39, 0.29) is 18.5 Å². The van der Waals surface area contributed by atoms with Crippen molar-refractivity contribution in [3.05, 3.63) is 24.3 Å². The Morgan fingerprint density at radius 3 is 2.79 bits per heavy atom. The molecule has 1 atom stereocenters. The monoisotopic (exact) mass is 266 g/mol. The highest BCUT2D eigenvalue weighted by atomic mass is 16.5. The van der Waals surface area contributed by atoms with E-state index in [1.807, 2.05) is 38.1 Å². The maximum Gasteiger partial charge on any atom is 0.239 e. The fourth-order valence-corrected chi connectivity index (χ4v) is 1.69. The minimum atomic E-state index is -0.0733. The van der Waals surface area contributed by atoms with Crippen molar-refractivity contribution < 1.29 is 14.3 Å². The number of amides is 1. The Kier molecular flexibility index (Phi) is 6.74. The van der Waals surface area contributed by atoms with Crippen molar-refractivity contribution in [1.29, 1.82) is 0 Å². The number of hydrogen-bond acceptors (Lipinski definition) is 4. The van der Waals surface area contributed by atoms with E-state index in [1.54, 1.807) is 7.11 Å². The summed E-state index contributed by atoms with van der Waals surface area (Å²) >= 11 is 0. The summed E-state index contributed by atoms with van der Waals surface area (Å²) in [6, 6.07) is 7.56. The van der Waals surface area contributed by atoms with E-state index in [0.717, 1.165) is 11.4 Å². The fourth-order valence-electron chi connectivity index (χ4n) is 1.69. The lowest BCUT2D eigenvalue weighted by molar-refractivity contribution is -0.120. The van der Waals surface area contributed by atoms with E-state index in [1.165, 1.54) is 0 Å². The van der Waals surface area contributed by atoms with Gasteiger partial charge in [-0.05, 0) is 26.0 Å². The summed E-state index contributed by atoms with van der Waals surface area (Å²) in [5, 5.41) is 5.90. The zero-order chi connectivity index (χ0) is 14.1. The zero-order valence-electron chi connectivity index (χ0n) is 11.7. The summed E-state index contributed by atoms with van der Waals surface area (Å²) in [6.45, 7) is 5.13. The number of methoxy groups -OCH3 is 1. The molecule has 0 aliphatic heterocycles. The average Bonchev–Trinajstić information content (AvgIpc) is 2.38. The SMILES string of the molecule is CCOc1ccccc1NCC(=O)N[C@@H](C)COC. The number of carbonyl (C=O) groups excluding carboxylic acids is 1. The number of carbonyl (C=O) groups is 1. The van der Waals surface area contributed by atoms with Gasteiger partial charge in [0.2, 0.25) is 5.91 Å². The van der Waals surface area contributed by atoms with Crippen LogP contribution < -0.4 is 15.4 Å². The van der Waals surface area contributed by atoms with E-state index in [2.05, 4.69) is 10.6 Å². The first-order valence-electron chi connectivity index (χ1n) is 6.41. The molecule has 0 aromatic heterocycles. The van der Waals surface area contributed by atoms with Crippen molar-refractivity contribution in [1.82, 2.24) is 5.32 Å². The molecule has 1 aromatic rings. The zero-order valence-corrected chi connectivity index (χ0v) is 11.7. The predicted octanol–water partition coefficient (Wildman–Crippen LogP) is 1.65. The highest BCUT2D eigenvalue weighted by Gasteiger charge is 2.08. The van der Waals surface area contributed by atoms with Crippen LogP contribution in [0, 0.1) is 0 Å². The summed E-state index contributed by atoms with van der Waals surface area (Å²) in [5.74, 6) is 0.679. The van der Waals surface area contributed by atoms with Crippen molar-refractivity contribution in [2.24, 2.45) is 0 Å². The molecule has 1 rings (SSSR count). The van der Waals surface area contributed by atoms with Gasteiger partial charge in [0.05, 0.1) is 25.4 Å². The quantitative estimate of drug-likeness (QED) is 0.751. The number of anilines is 1. The molecule has 0 saturated heterocycles. The summed E-state index contributed by atoms with van der Waals surface area (Å²) < 4.78 is 10.4. The molecule has 0 bridgehead atoms. The second-order valence-electron chi connectivity index (χ2n) is 4.21. The number of nitrogens with one attached hydrogen (secondary N) is 2. The highest BCUT2D eigenvalue weighted by Crippen LogP contribution is 2.23. The second-order valence-corrected chi connectivity index (χ2v) is 4.21. The van der Waals surface area contributed by atoms with Crippen molar-refractivity contribution in [2.75, 3.05) is 32.2 Å². The number of para-hydroxylation sites is 2. The molecule has 0 fully saturated rings. The molecule has 0 radical (unpaired) electrons. The Bertz CT molecular complexity index is 396. The molecule has 106 valence electrons. The number of ether oxygens (including phenoxy) is 2. The molecule has 0 spiro atoms. The molecular weight excluding hydrogens is 244 g/mol. The van der Waals surface area contributed by atoms with Crippen LogP contribution in [0.2, 0.25) is 0 Å². The van der Waals surface area contributed by atoms with Gasteiger partial charge in [0, 0.05) is 13.2 Å². The summed E-state index contributed by atoms with van der Waals surface area (Å²) in [4.78, 5) is 11.7. The van der Waals surface area contributed by atoms with E-state index in [4.69, 9.17) is 9.47 Å². The van der Waals surface area contributed by atoms with Gasteiger partial charge in [-0.2, -0.15) is 0 Å². The lowest BCUT2D eigenvalue weighted by Crippen LogP contribution is -2.39. The van der Waals surface area contributed by atoms with Gasteiger partial charge in [0.1, 0.15) is 5.75 Å². The van der Waals surface area contributed by atoms with Gasteiger partial charge in [0.15, 0.2) is 0 Å². The molecule has 1 amide bonds.